The van der Waals surface area contributed by atoms with Crippen LogP contribution in [0.5, 0.6) is 11.5 Å². The minimum absolute atomic E-state index is 0.286. The predicted octanol–water partition coefficient (Wildman–Crippen LogP) is 4.51. The van der Waals surface area contributed by atoms with E-state index in [0.29, 0.717) is 0 Å². The Hall–Kier alpha value is -2.75. The Morgan fingerprint density at radius 1 is 0.667 bits per heavy atom. The van der Waals surface area contributed by atoms with E-state index in [1.807, 2.05) is 30.3 Å². The highest BCUT2D eigenvalue weighted by molar-refractivity contribution is 7.48. The van der Waals surface area contributed by atoms with Crippen molar-refractivity contribution in [2.75, 3.05) is 5.73 Å². The van der Waals surface area contributed by atoms with E-state index in [2.05, 4.69) is 0 Å². The Kier molecular flexibility index (Phi) is 6.43. The molecule has 3 N–H and O–H groups in total. The Labute approximate surface area is 140 Å². The Balaban J connectivity index is 0.000000249. The number of phosphoric ester groups is 1. The molecular weight excluding hydrogens is 325 g/mol. The van der Waals surface area contributed by atoms with Crippen LogP contribution < -0.4 is 14.8 Å². The van der Waals surface area contributed by atoms with Crippen LogP contribution in [0.25, 0.3) is 0 Å². The molecule has 0 saturated heterocycles. The maximum Gasteiger partial charge on any atom is 0.584 e. The van der Waals surface area contributed by atoms with Crippen LogP contribution in [0, 0.1) is 0 Å². The molecule has 0 fully saturated rings. The summed E-state index contributed by atoms with van der Waals surface area (Å²) in [6.07, 6.45) is 0. The molecule has 24 heavy (non-hydrogen) atoms. The third kappa shape index (κ3) is 6.57. The van der Waals surface area contributed by atoms with Gasteiger partial charge in [0.2, 0.25) is 0 Å². The van der Waals surface area contributed by atoms with Crippen LogP contribution in [-0.2, 0) is 4.57 Å². The highest BCUT2D eigenvalue weighted by Gasteiger charge is 2.24. The van der Waals surface area contributed by atoms with Crippen LogP contribution in [0.1, 0.15) is 0 Å². The fourth-order valence-electron chi connectivity index (χ4n) is 1.70. The van der Waals surface area contributed by atoms with E-state index in [-0.39, 0.29) is 11.5 Å². The smallest absolute Gasteiger partial charge is 0.399 e. The lowest BCUT2D eigenvalue weighted by Crippen LogP contribution is -1.99. The van der Waals surface area contributed by atoms with Crippen LogP contribution >= 0.6 is 7.82 Å². The van der Waals surface area contributed by atoms with Crippen molar-refractivity contribution >= 4 is 13.5 Å². The highest BCUT2D eigenvalue weighted by atomic mass is 31.2. The monoisotopic (exact) mass is 343 g/mol. The molecule has 3 rings (SSSR count). The zero-order valence-electron chi connectivity index (χ0n) is 12.9. The molecule has 0 heterocycles. The summed E-state index contributed by atoms with van der Waals surface area (Å²) in [6.45, 7) is 0. The second-order valence-corrected chi connectivity index (χ2v) is 5.99. The average Bonchev–Trinajstić information content (AvgIpc) is 2.57. The third-order valence-electron chi connectivity index (χ3n) is 2.73. The summed E-state index contributed by atoms with van der Waals surface area (Å²) in [7, 11) is -4.14. The fraction of sp³-hybridized carbons (Fsp3) is 0. The molecule has 0 atom stereocenters. The summed E-state index contributed by atoms with van der Waals surface area (Å²) >= 11 is 0. The molecule has 0 spiro atoms. The zero-order valence-corrected chi connectivity index (χ0v) is 13.8. The second-order valence-electron chi connectivity index (χ2n) is 4.69. The summed E-state index contributed by atoms with van der Waals surface area (Å²) in [5.41, 5.74) is 6.18. The molecule has 3 aromatic carbocycles. The Morgan fingerprint density at radius 2 is 1.00 bits per heavy atom. The van der Waals surface area contributed by atoms with Crippen molar-refractivity contribution in [1.82, 2.24) is 0 Å². The minimum atomic E-state index is -4.14. The number of rotatable bonds is 4. The number of benzene rings is 3. The highest BCUT2D eigenvalue weighted by Crippen LogP contribution is 2.44. The lowest BCUT2D eigenvalue weighted by atomic mass is 10.3. The zero-order chi connectivity index (χ0) is 17.3. The lowest BCUT2D eigenvalue weighted by Gasteiger charge is -2.13. The van der Waals surface area contributed by atoms with Gasteiger partial charge in [0.25, 0.3) is 0 Å². The molecule has 0 amide bonds. The van der Waals surface area contributed by atoms with Gasteiger partial charge in [0.05, 0.1) is 0 Å². The first-order valence-electron chi connectivity index (χ1n) is 7.18. The Bertz CT molecular complexity index is 721. The van der Waals surface area contributed by atoms with Crippen LogP contribution in [-0.4, -0.2) is 4.89 Å². The molecule has 5 nitrogen and oxygen atoms in total. The van der Waals surface area contributed by atoms with Gasteiger partial charge < -0.3 is 14.8 Å². The first-order chi connectivity index (χ1) is 11.6. The standard InChI is InChI=1S/C12H11O4P.C6H7N/c13-17(14,15-11-7-3-1-4-8-11)16-12-9-5-2-6-10-12;7-6-4-2-1-3-5-6/h1-10H,(H,13,14);1-5H,7H2. The lowest BCUT2D eigenvalue weighted by molar-refractivity contribution is 0.291. The van der Waals surface area contributed by atoms with E-state index < -0.39 is 7.82 Å². The molecule has 0 unspecified atom stereocenters. The van der Waals surface area contributed by atoms with E-state index in [1.54, 1.807) is 60.7 Å². The number of nitrogen functional groups attached to an aromatic ring is 1. The maximum absolute atomic E-state index is 11.7. The van der Waals surface area contributed by atoms with Gasteiger partial charge in [0.1, 0.15) is 11.5 Å². The van der Waals surface area contributed by atoms with Gasteiger partial charge in [0.15, 0.2) is 0 Å². The van der Waals surface area contributed by atoms with Crippen LogP contribution in [0.3, 0.4) is 0 Å². The first kappa shape index (κ1) is 17.6. The molecule has 3 aromatic rings. The van der Waals surface area contributed by atoms with Crippen molar-refractivity contribution in [1.29, 1.82) is 0 Å². The normalized spacial score (nSPS) is 10.2. The van der Waals surface area contributed by atoms with E-state index in [0.717, 1.165) is 5.69 Å². The minimum Gasteiger partial charge on any atom is -0.399 e. The number of anilines is 1. The van der Waals surface area contributed by atoms with Crippen molar-refractivity contribution in [3.8, 4) is 11.5 Å². The maximum atomic E-state index is 11.7. The summed E-state index contributed by atoms with van der Waals surface area (Å²) in [6, 6.07) is 26.2. The van der Waals surface area contributed by atoms with Gasteiger partial charge in [-0.25, -0.2) is 4.57 Å². The van der Waals surface area contributed by atoms with Crippen LogP contribution in [0.2, 0.25) is 0 Å². The van der Waals surface area contributed by atoms with Gasteiger partial charge in [0, 0.05) is 5.69 Å². The van der Waals surface area contributed by atoms with Crippen molar-refractivity contribution in [2.45, 2.75) is 0 Å². The second kappa shape index (κ2) is 8.77. The van der Waals surface area contributed by atoms with Gasteiger partial charge in [-0.3, -0.25) is 4.89 Å². The van der Waals surface area contributed by atoms with Crippen LogP contribution in [0.15, 0.2) is 91.0 Å². The Morgan fingerprint density at radius 3 is 1.29 bits per heavy atom. The van der Waals surface area contributed by atoms with Crippen molar-refractivity contribution in [3.63, 3.8) is 0 Å². The van der Waals surface area contributed by atoms with Gasteiger partial charge >= 0.3 is 7.82 Å². The third-order valence-corrected chi connectivity index (χ3v) is 3.61. The van der Waals surface area contributed by atoms with Crippen molar-refractivity contribution < 1.29 is 18.5 Å². The molecule has 0 saturated carbocycles. The molecule has 0 aromatic heterocycles. The summed E-state index contributed by atoms with van der Waals surface area (Å²) in [5.74, 6) is 0.573. The largest absolute Gasteiger partial charge is 0.584 e. The quantitative estimate of drug-likeness (QED) is 0.538. The number of phosphoric acid groups is 1. The van der Waals surface area contributed by atoms with E-state index in [9.17, 15) is 9.46 Å². The van der Waals surface area contributed by atoms with E-state index in [1.165, 1.54) is 0 Å². The summed E-state index contributed by atoms with van der Waals surface area (Å²) in [5, 5.41) is 0. The molecule has 6 heteroatoms. The van der Waals surface area contributed by atoms with Gasteiger partial charge in [-0.2, -0.15) is 0 Å². The molecule has 0 aliphatic heterocycles. The predicted molar refractivity (Wildman–Crippen MR) is 94.8 cm³/mol. The van der Waals surface area contributed by atoms with Gasteiger partial charge in [-0.15, -0.1) is 0 Å². The van der Waals surface area contributed by atoms with Crippen molar-refractivity contribution in [2.24, 2.45) is 0 Å². The molecule has 0 aliphatic rings. The molecular formula is C18H18NO4P. The topological polar surface area (TPSA) is 81.8 Å². The van der Waals surface area contributed by atoms with Gasteiger partial charge in [-0.05, 0) is 36.4 Å². The average molecular weight is 343 g/mol. The number of hydrogen-bond acceptors (Lipinski definition) is 4. The van der Waals surface area contributed by atoms with Crippen LogP contribution in [0.4, 0.5) is 5.69 Å². The number of para-hydroxylation sites is 3. The SMILES string of the molecule is Nc1ccccc1.O=P(O)(Oc1ccccc1)Oc1ccccc1. The summed E-state index contributed by atoms with van der Waals surface area (Å²) < 4.78 is 21.5. The first-order valence-corrected chi connectivity index (χ1v) is 8.67. The number of hydrogen-bond donors (Lipinski definition) is 2. The molecule has 0 radical (unpaired) electrons. The summed E-state index contributed by atoms with van der Waals surface area (Å²) in [4.78, 5) is 9.53. The fourth-order valence-corrected chi connectivity index (χ4v) is 2.51. The molecule has 0 aliphatic carbocycles. The van der Waals surface area contributed by atoms with Crippen molar-refractivity contribution in [3.05, 3.63) is 91.0 Å². The number of nitrogens with two attached hydrogens (primary N) is 1. The molecule has 124 valence electrons. The molecule has 0 bridgehead atoms. The van der Waals surface area contributed by atoms with E-state index in [4.69, 9.17) is 14.8 Å². The van der Waals surface area contributed by atoms with E-state index >= 15 is 0 Å². The van der Waals surface area contributed by atoms with Gasteiger partial charge in [-0.1, -0.05) is 54.6 Å².